The average molecular weight is 908 g/mol. The van der Waals surface area contributed by atoms with Gasteiger partial charge in [-0.1, -0.05) is 207 Å². The van der Waals surface area contributed by atoms with Crippen molar-refractivity contribution in [2.75, 3.05) is 4.90 Å². The molecule has 70 heavy (non-hydrogen) atoms. The summed E-state index contributed by atoms with van der Waals surface area (Å²) in [5.74, 6) is 0.0817. The van der Waals surface area contributed by atoms with Gasteiger partial charge >= 0.3 is 0 Å². The Morgan fingerprint density at radius 3 is 1.53 bits per heavy atom. The Morgan fingerprint density at radius 2 is 0.886 bits per heavy atom. The minimum absolute atomic E-state index is 0.0477. The SMILES string of the molecule is CC1(C)CCC(C)(C)c2cc(C3CC4=C(C=C3N(c3ccc(-c5cccc6ccccc56)cc3)c3ccc5c(c3)C(C)(C)CCC5(C)C)C3(c5ccccc54)c4ccccc4-c4ccccc43)ccc21. The molecule has 5 aliphatic rings. The minimum Gasteiger partial charge on any atom is -0.314 e. The van der Waals surface area contributed by atoms with Crippen molar-refractivity contribution in [1.82, 2.24) is 0 Å². The summed E-state index contributed by atoms with van der Waals surface area (Å²) < 4.78 is 0. The first-order valence-electron chi connectivity index (χ1n) is 26.1. The summed E-state index contributed by atoms with van der Waals surface area (Å²) in [5.41, 5.74) is 24.8. The van der Waals surface area contributed by atoms with Crippen LogP contribution in [-0.4, -0.2) is 0 Å². The maximum absolute atomic E-state index is 2.70. The summed E-state index contributed by atoms with van der Waals surface area (Å²) in [4.78, 5) is 2.69. The normalized spacial score (nSPS) is 20.2. The fourth-order valence-corrected chi connectivity index (χ4v) is 14.1. The molecule has 0 aliphatic heterocycles. The van der Waals surface area contributed by atoms with Gasteiger partial charge in [-0.25, -0.2) is 0 Å². The van der Waals surface area contributed by atoms with Gasteiger partial charge in [-0.3, -0.25) is 0 Å². The van der Waals surface area contributed by atoms with Gasteiger partial charge in [0.15, 0.2) is 0 Å². The lowest BCUT2D eigenvalue weighted by Gasteiger charge is -2.44. The number of nitrogens with zero attached hydrogens (tertiary/aromatic N) is 1. The molecule has 1 spiro atoms. The van der Waals surface area contributed by atoms with E-state index in [1.165, 1.54) is 137 Å². The van der Waals surface area contributed by atoms with Gasteiger partial charge in [0.25, 0.3) is 0 Å². The fraction of sp³-hybridized carbons (Fsp3) is 0.275. The van der Waals surface area contributed by atoms with Crippen LogP contribution in [0.25, 0.3) is 38.6 Å². The quantitative estimate of drug-likeness (QED) is 0.166. The van der Waals surface area contributed by atoms with Crippen molar-refractivity contribution < 1.29 is 0 Å². The van der Waals surface area contributed by atoms with Gasteiger partial charge in [0, 0.05) is 23.0 Å². The maximum Gasteiger partial charge on any atom is 0.0722 e. The summed E-state index contributed by atoms with van der Waals surface area (Å²) in [6, 6.07) is 68.3. The fourth-order valence-electron chi connectivity index (χ4n) is 14.1. The molecule has 0 heterocycles. The van der Waals surface area contributed by atoms with Crippen molar-refractivity contribution in [3.63, 3.8) is 0 Å². The second kappa shape index (κ2) is 15.2. The van der Waals surface area contributed by atoms with E-state index in [0.717, 1.165) is 6.42 Å². The first-order chi connectivity index (χ1) is 33.7. The zero-order chi connectivity index (χ0) is 48.0. The van der Waals surface area contributed by atoms with Gasteiger partial charge in [-0.15, -0.1) is 0 Å². The van der Waals surface area contributed by atoms with Crippen LogP contribution in [0, 0.1) is 0 Å². The van der Waals surface area contributed by atoms with Gasteiger partial charge < -0.3 is 4.90 Å². The number of fused-ring (bicyclic) bond motifs is 12. The molecule has 5 aliphatic carbocycles. The third-order valence-corrected chi connectivity index (χ3v) is 18.3. The van der Waals surface area contributed by atoms with Gasteiger partial charge in [0.2, 0.25) is 0 Å². The molecule has 346 valence electrons. The highest BCUT2D eigenvalue weighted by Crippen LogP contribution is 2.65. The molecule has 8 aromatic carbocycles. The second-order valence-corrected chi connectivity index (χ2v) is 24.1. The van der Waals surface area contributed by atoms with Crippen LogP contribution in [0.2, 0.25) is 0 Å². The van der Waals surface area contributed by atoms with Crippen LogP contribution >= 0.6 is 0 Å². The molecule has 1 nitrogen and oxygen atoms in total. The molecule has 0 saturated heterocycles. The van der Waals surface area contributed by atoms with Crippen molar-refractivity contribution >= 4 is 27.7 Å². The predicted octanol–water partition coefficient (Wildman–Crippen LogP) is 18.2. The van der Waals surface area contributed by atoms with Gasteiger partial charge in [0.1, 0.15) is 0 Å². The van der Waals surface area contributed by atoms with Crippen molar-refractivity contribution in [3.05, 3.63) is 243 Å². The molecule has 8 aromatic rings. The second-order valence-electron chi connectivity index (χ2n) is 24.1. The van der Waals surface area contributed by atoms with Crippen LogP contribution in [0.15, 0.2) is 193 Å². The van der Waals surface area contributed by atoms with Gasteiger partial charge in [-0.2, -0.15) is 0 Å². The number of benzene rings is 8. The number of hydrogen-bond donors (Lipinski definition) is 0. The summed E-state index contributed by atoms with van der Waals surface area (Å²) in [6.07, 6.45) is 8.34. The van der Waals surface area contributed by atoms with Crippen LogP contribution in [0.4, 0.5) is 11.4 Å². The zero-order valence-corrected chi connectivity index (χ0v) is 42.4. The molecular weight excluding hydrogens is 843 g/mol. The lowest BCUT2D eigenvalue weighted by atomic mass is 9.62. The number of allylic oxidation sites excluding steroid dienone is 4. The smallest absolute Gasteiger partial charge is 0.0722 e. The lowest BCUT2D eigenvalue weighted by Crippen LogP contribution is -2.35. The first-order valence-corrected chi connectivity index (χ1v) is 26.1. The molecule has 1 heteroatoms. The van der Waals surface area contributed by atoms with Crippen molar-refractivity contribution in [1.29, 1.82) is 0 Å². The molecule has 0 saturated carbocycles. The van der Waals surface area contributed by atoms with Crippen LogP contribution < -0.4 is 4.90 Å². The molecule has 0 fully saturated rings. The van der Waals surface area contributed by atoms with Crippen LogP contribution in [0.1, 0.15) is 143 Å². The van der Waals surface area contributed by atoms with E-state index < -0.39 is 5.41 Å². The first kappa shape index (κ1) is 43.3. The third kappa shape index (κ3) is 6.22. The van der Waals surface area contributed by atoms with E-state index in [1.807, 2.05) is 0 Å². The number of rotatable bonds is 5. The van der Waals surface area contributed by atoms with Gasteiger partial charge in [0.05, 0.1) is 5.41 Å². The molecule has 1 atom stereocenters. The number of hydrogen-bond acceptors (Lipinski definition) is 1. The maximum atomic E-state index is 2.70. The molecule has 0 N–H and O–H groups in total. The highest BCUT2D eigenvalue weighted by atomic mass is 15.2. The predicted molar refractivity (Wildman–Crippen MR) is 296 cm³/mol. The van der Waals surface area contributed by atoms with E-state index >= 15 is 0 Å². The summed E-state index contributed by atoms with van der Waals surface area (Å²) in [7, 11) is 0. The summed E-state index contributed by atoms with van der Waals surface area (Å²) >= 11 is 0. The largest absolute Gasteiger partial charge is 0.314 e. The Hall–Kier alpha value is -6.70. The zero-order valence-electron chi connectivity index (χ0n) is 42.4. The molecule has 0 amide bonds. The Balaban J connectivity index is 1.10. The lowest BCUT2D eigenvalue weighted by molar-refractivity contribution is 0.331. The van der Waals surface area contributed by atoms with E-state index in [-0.39, 0.29) is 27.6 Å². The average Bonchev–Trinajstić information content (AvgIpc) is 3.83. The Morgan fingerprint density at radius 1 is 0.400 bits per heavy atom. The molecule has 0 radical (unpaired) electrons. The molecule has 0 aromatic heterocycles. The van der Waals surface area contributed by atoms with E-state index in [4.69, 9.17) is 0 Å². The van der Waals surface area contributed by atoms with Crippen LogP contribution in [0.5, 0.6) is 0 Å². The van der Waals surface area contributed by atoms with E-state index in [1.54, 1.807) is 0 Å². The Bertz CT molecular complexity index is 3480. The molecule has 0 bridgehead atoms. The van der Waals surface area contributed by atoms with E-state index in [2.05, 4.69) is 242 Å². The molecule has 13 rings (SSSR count). The van der Waals surface area contributed by atoms with Crippen LogP contribution in [0.3, 0.4) is 0 Å². The Labute approximate surface area is 416 Å². The van der Waals surface area contributed by atoms with E-state index in [9.17, 15) is 0 Å². The monoisotopic (exact) mass is 908 g/mol. The highest BCUT2D eigenvalue weighted by molar-refractivity contribution is 5.98. The highest BCUT2D eigenvalue weighted by Gasteiger charge is 2.54. The van der Waals surface area contributed by atoms with Crippen molar-refractivity contribution in [3.8, 4) is 22.3 Å². The molecular formula is C69H65N. The standard InChI is InChI=1S/C69H65N/c1-65(2)36-38-67(5,6)62-40-46(30-34-59(62)65)54-42-55-53-23-13-16-27-58(53)69(56-25-14-11-21-51(56)52-22-12-15-26-57(52)69)61(55)43-64(54)70(48-33-35-60-63(41-48)68(7,8)39-37-66(60,3)4)47-31-28-45(29-32-47)50-24-17-19-44-18-9-10-20-49(44)50/h9-35,40-41,43,54H,36-39,42H2,1-8H3. The molecule has 1 unspecified atom stereocenters. The summed E-state index contributed by atoms with van der Waals surface area (Å²) in [6.45, 7) is 19.7. The van der Waals surface area contributed by atoms with Crippen LogP contribution in [-0.2, 0) is 27.1 Å². The van der Waals surface area contributed by atoms with E-state index in [0.29, 0.717) is 0 Å². The number of anilines is 2. The minimum atomic E-state index is -0.442. The van der Waals surface area contributed by atoms with Crippen molar-refractivity contribution in [2.24, 2.45) is 0 Å². The van der Waals surface area contributed by atoms with Crippen molar-refractivity contribution in [2.45, 2.75) is 120 Å². The topological polar surface area (TPSA) is 3.24 Å². The third-order valence-electron chi connectivity index (χ3n) is 18.3. The van der Waals surface area contributed by atoms with Gasteiger partial charge in [-0.05, 0) is 178 Å². The summed E-state index contributed by atoms with van der Waals surface area (Å²) in [5, 5.41) is 2.55. The Kier molecular flexibility index (Phi) is 9.38.